The second-order valence-corrected chi connectivity index (χ2v) is 6.75. The van der Waals surface area contributed by atoms with E-state index < -0.39 is 0 Å². The van der Waals surface area contributed by atoms with E-state index in [9.17, 15) is 9.90 Å². The number of para-hydroxylation sites is 1. The van der Waals surface area contributed by atoms with E-state index in [0.717, 1.165) is 12.1 Å². The summed E-state index contributed by atoms with van der Waals surface area (Å²) < 4.78 is 1.52. The van der Waals surface area contributed by atoms with Crippen LogP contribution >= 0.6 is 0 Å². The molecule has 1 unspecified atom stereocenters. The van der Waals surface area contributed by atoms with Crippen molar-refractivity contribution in [2.24, 2.45) is 11.1 Å². The van der Waals surface area contributed by atoms with Crippen molar-refractivity contribution in [2.45, 2.75) is 26.3 Å². The van der Waals surface area contributed by atoms with Gasteiger partial charge in [0, 0.05) is 19.1 Å². The Morgan fingerprint density at radius 1 is 1.35 bits per heavy atom. The Morgan fingerprint density at radius 3 is 2.70 bits per heavy atom. The molecule has 23 heavy (non-hydrogen) atoms. The number of amides is 1. The lowest BCUT2D eigenvalue weighted by atomic mass is 9.79. The van der Waals surface area contributed by atoms with Crippen LogP contribution in [0.2, 0.25) is 0 Å². The molecule has 6 nitrogen and oxygen atoms in total. The molecule has 122 valence electrons. The molecule has 1 fully saturated rings. The van der Waals surface area contributed by atoms with Gasteiger partial charge in [0.15, 0.2) is 11.4 Å². The zero-order valence-corrected chi connectivity index (χ0v) is 13.4. The van der Waals surface area contributed by atoms with Crippen LogP contribution in [0, 0.1) is 5.41 Å². The minimum Gasteiger partial charge on any atom is -0.504 e. The third-order valence-corrected chi connectivity index (χ3v) is 4.52. The van der Waals surface area contributed by atoms with Crippen molar-refractivity contribution in [3.8, 4) is 11.4 Å². The summed E-state index contributed by atoms with van der Waals surface area (Å²) in [6.45, 7) is 5.25. The van der Waals surface area contributed by atoms with Crippen molar-refractivity contribution in [1.29, 1.82) is 0 Å². The fraction of sp³-hybridized carbons (Fsp3) is 0.412. The monoisotopic (exact) mass is 314 g/mol. The van der Waals surface area contributed by atoms with E-state index in [0.29, 0.717) is 13.1 Å². The van der Waals surface area contributed by atoms with Gasteiger partial charge >= 0.3 is 0 Å². The fourth-order valence-electron chi connectivity index (χ4n) is 2.93. The molecule has 2 aromatic rings. The lowest BCUT2D eigenvalue weighted by molar-refractivity contribution is 0.0524. The number of aromatic hydroxyl groups is 1. The number of carbonyl (C=O) groups is 1. The summed E-state index contributed by atoms with van der Waals surface area (Å²) in [5.74, 6) is -0.358. The molecule has 0 spiro atoms. The first-order valence-electron chi connectivity index (χ1n) is 7.77. The van der Waals surface area contributed by atoms with Crippen LogP contribution in [0.5, 0.6) is 5.75 Å². The molecule has 1 aromatic carbocycles. The molecular weight excluding hydrogens is 292 g/mol. The molecule has 2 heterocycles. The quantitative estimate of drug-likeness (QED) is 0.885. The zero-order valence-electron chi connectivity index (χ0n) is 13.4. The highest BCUT2D eigenvalue weighted by Crippen LogP contribution is 2.29. The zero-order chi connectivity index (χ0) is 16.6. The number of carbonyl (C=O) groups excluding carboxylic acids is 1. The van der Waals surface area contributed by atoms with E-state index in [1.165, 1.54) is 10.9 Å². The smallest absolute Gasteiger partial charge is 0.278 e. The highest BCUT2D eigenvalue weighted by atomic mass is 16.3. The third kappa shape index (κ3) is 2.94. The van der Waals surface area contributed by atoms with E-state index in [-0.39, 0.29) is 28.8 Å². The Labute approximate surface area is 135 Å². The first kappa shape index (κ1) is 15.6. The first-order valence-corrected chi connectivity index (χ1v) is 7.77. The van der Waals surface area contributed by atoms with Gasteiger partial charge in [0.1, 0.15) is 0 Å². The number of rotatable bonds is 2. The number of benzene rings is 1. The predicted octanol–water partition coefficient (Wildman–Crippen LogP) is 1.78. The molecule has 1 aliphatic rings. The Balaban J connectivity index is 1.85. The van der Waals surface area contributed by atoms with Crippen molar-refractivity contribution in [1.82, 2.24) is 14.7 Å². The number of aromatic nitrogens is 2. The van der Waals surface area contributed by atoms with Crippen molar-refractivity contribution >= 4 is 5.91 Å². The number of likely N-dealkylation sites (tertiary alicyclic amines) is 1. The Kier molecular flexibility index (Phi) is 3.85. The average molecular weight is 314 g/mol. The van der Waals surface area contributed by atoms with Gasteiger partial charge in [-0.25, -0.2) is 4.68 Å². The van der Waals surface area contributed by atoms with Crippen molar-refractivity contribution in [3.05, 3.63) is 42.2 Å². The van der Waals surface area contributed by atoms with Gasteiger partial charge in [0.2, 0.25) is 0 Å². The fourth-order valence-corrected chi connectivity index (χ4v) is 2.93. The maximum atomic E-state index is 12.7. The lowest BCUT2D eigenvalue weighted by Crippen LogP contribution is -2.54. The van der Waals surface area contributed by atoms with Crippen LogP contribution in [-0.4, -0.2) is 44.8 Å². The van der Waals surface area contributed by atoms with Gasteiger partial charge < -0.3 is 15.7 Å². The number of hydrogen-bond acceptors (Lipinski definition) is 4. The molecule has 1 aliphatic heterocycles. The molecule has 0 aliphatic carbocycles. The van der Waals surface area contributed by atoms with Gasteiger partial charge in [-0.05, 0) is 24.0 Å². The van der Waals surface area contributed by atoms with Crippen molar-refractivity contribution in [3.63, 3.8) is 0 Å². The summed E-state index contributed by atoms with van der Waals surface area (Å²) in [6, 6.07) is 9.46. The molecule has 0 bridgehead atoms. The van der Waals surface area contributed by atoms with Crippen LogP contribution in [-0.2, 0) is 0 Å². The van der Waals surface area contributed by atoms with Crippen LogP contribution < -0.4 is 5.73 Å². The number of nitrogens with two attached hydrogens (primary N) is 1. The van der Waals surface area contributed by atoms with Gasteiger partial charge in [0.25, 0.3) is 5.91 Å². The highest BCUT2D eigenvalue weighted by Gasteiger charge is 2.36. The molecule has 6 heteroatoms. The molecular formula is C17H22N4O2. The van der Waals surface area contributed by atoms with E-state index >= 15 is 0 Å². The molecule has 0 saturated carbocycles. The summed E-state index contributed by atoms with van der Waals surface area (Å²) >= 11 is 0. The van der Waals surface area contributed by atoms with Crippen molar-refractivity contribution in [2.75, 3.05) is 13.1 Å². The van der Waals surface area contributed by atoms with Gasteiger partial charge in [-0.2, -0.15) is 5.10 Å². The normalized spacial score (nSPS) is 20.5. The molecule has 3 rings (SSSR count). The predicted molar refractivity (Wildman–Crippen MR) is 87.5 cm³/mol. The van der Waals surface area contributed by atoms with Gasteiger partial charge in [-0.3, -0.25) is 4.79 Å². The lowest BCUT2D eigenvalue weighted by Gasteiger charge is -2.42. The van der Waals surface area contributed by atoms with Crippen molar-refractivity contribution < 1.29 is 9.90 Å². The Hall–Kier alpha value is -2.34. The average Bonchev–Trinajstić information content (AvgIpc) is 2.92. The van der Waals surface area contributed by atoms with E-state index in [1.807, 2.05) is 30.3 Å². The Bertz CT molecular complexity index is 709. The largest absolute Gasteiger partial charge is 0.504 e. The van der Waals surface area contributed by atoms with E-state index in [4.69, 9.17) is 5.73 Å². The Morgan fingerprint density at radius 2 is 2.04 bits per heavy atom. The van der Waals surface area contributed by atoms with Crippen LogP contribution in [0.15, 0.2) is 36.5 Å². The highest BCUT2D eigenvalue weighted by molar-refractivity contribution is 5.95. The van der Waals surface area contributed by atoms with E-state index in [1.54, 1.807) is 4.90 Å². The van der Waals surface area contributed by atoms with Crippen LogP contribution in [0.25, 0.3) is 5.69 Å². The summed E-state index contributed by atoms with van der Waals surface area (Å²) in [7, 11) is 0. The van der Waals surface area contributed by atoms with Gasteiger partial charge in [0.05, 0.1) is 11.9 Å². The van der Waals surface area contributed by atoms with Crippen LogP contribution in [0.3, 0.4) is 0 Å². The third-order valence-electron chi connectivity index (χ3n) is 4.52. The van der Waals surface area contributed by atoms with Crippen LogP contribution in [0.1, 0.15) is 30.8 Å². The minimum atomic E-state index is -0.253. The standard InChI is InChI=1S/C17H22N4O2/c1-17(2)11-20(9-8-14(17)18)16(23)15-13(22)10-21(19-15)12-6-4-3-5-7-12/h3-7,10,14,22H,8-9,11,18H2,1-2H3. The topological polar surface area (TPSA) is 84.4 Å². The molecule has 0 radical (unpaired) electrons. The summed E-state index contributed by atoms with van der Waals surface area (Å²) in [6.07, 6.45) is 2.21. The SMILES string of the molecule is CC1(C)CN(C(=O)c2nn(-c3ccccc3)cc2O)CCC1N. The first-order chi connectivity index (χ1) is 10.9. The van der Waals surface area contributed by atoms with Gasteiger partial charge in [-0.1, -0.05) is 32.0 Å². The maximum Gasteiger partial charge on any atom is 0.278 e. The number of nitrogens with zero attached hydrogens (tertiary/aromatic N) is 3. The second-order valence-electron chi connectivity index (χ2n) is 6.75. The number of piperidine rings is 1. The summed E-state index contributed by atoms with van der Waals surface area (Å²) in [5, 5.41) is 14.4. The number of hydrogen-bond donors (Lipinski definition) is 2. The molecule has 1 aromatic heterocycles. The molecule has 1 amide bonds. The van der Waals surface area contributed by atoms with Gasteiger partial charge in [-0.15, -0.1) is 0 Å². The summed E-state index contributed by atoms with van der Waals surface area (Å²) in [4.78, 5) is 14.4. The second kappa shape index (κ2) is 5.70. The van der Waals surface area contributed by atoms with Crippen LogP contribution in [0.4, 0.5) is 0 Å². The molecule has 1 saturated heterocycles. The summed E-state index contributed by atoms with van der Waals surface area (Å²) in [5.41, 5.74) is 6.85. The maximum absolute atomic E-state index is 12.7. The van der Waals surface area contributed by atoms with E-state index in [2.05, 4.69) is 18.9 Å². The minimum absolute atomic E-state index is 0.0713. The molecule has 3 N–H and O–H groups in total. The molecule has 1 atom stereocenters.